The lowest BCUT2D eigenvalue weighted by molar-refractivity contribution is -0.130. The van der Waals surface area contributed by atoms with Gasteiger partial charge in [-0.05, 0) is 34.1 Å². The number of ether oxygens (including phenoxy) is 3. The van der Waals surface area contributed by atoms with Crippen LogP contribution < -0.4 is 0 Å². The van der Waals surface area contributed by atoms with Crippen LogP contribution in [0.2, 0.25) is 0 Å². The first-order valence-electron chi connectivity index (χ1n) is 6.58. The monoisotopic (exact) mass is 258 g/mol. The van der Waals surface area contributed by atoms with E-state index in [1.807, 2.05) is 27.7 Å². The van der Waals surface area contributed by atoms with Gasteiger partial charge in [0, 0.05) is 19.4 Å². The first kappa shape index (κ1) is 15.6. The molecule has 1 rings (SSSR count). The van der Waals surface area contributed by atoms with Gasteiger partial charge in [-0.25, -0.2) is 0 Å². The molecule has 0 aliphatic carbocycles. The maximum atomic E-state index is 12.2. The van der Waals surface area contributed by atoms with Crippen molar-refractivity contribution < 1.29 is 19.0 Å². The van der Waals surface area contributed by atoms with Crippen LogP contribution in [0.25, 0.3) is 0 Å². The molecule has 0 aromatic heterocycles. The lowest BCUT2D eigenvalue weighted by atomic mass is 9.83. The first-order chi connectivity index (χ1) is 8.28. The Hall–Kier alpha value is -0.450. The normalized spacial score (nSPS) is 25.3. The zero-order chi connectivity index (χ0) is 13.8. The second-order valence-electron chi connectivity index (χ2n) is 6.04. The number of methoxy groups -OCH3 is 1. The van der Waals surface area contributed by atoms with Gasteiger partial charge in [0.05, 0.1) is 31.0 Å². The second-order valence-corrected chi connectivity index (χ2v) is 6.04. The van der Waals surface area contributed by atoms with Gasteiger partial charge in [-0.3, -0.25) is 4.79 Å². The number of hydrogen-bond acceptors (Lipinski definition) is 4. The highest BCUT2D eigenvalue weighted by atomic mass is 16.5. The minimum absolute atomic E-state index is 0.0291. The van der Waals surface area contributed by atoms with E-state index in [0.717, 1.165) is 6.42 Å². The van der Waals surface area contributed by atoms with Crippen molar-refractivity contribution in [3.8, 4) is 0 Å². The Labute approximate surface area is 110 Å². The zero-order valence-electron chi connectivity index (χ0n) is 12.2. The van der Waals surface area contributed by atoms with Crippen LogP contribution in [0.5, 0.6) is 0 Å². The van der Waals surface area contributed by atoms with Gasteiger partial charge in [-0.15, -0.1) is 0 Å². The van der Waals surface area contributed by atoms with E-state index in [9.17, 15) is 4.79 Å². The van der Waals surface area contributed by atoms with Gasteiger partial charge in [-0.2, -0.15) is 0 Å². The summed E-state index contributed by atoms with van der Waals surface area (Å²) in [6, 6.07) is 0. The fraction of sp³-hybridized carbons (Fsp3) is 0.929. The maximum absolute atomic E-state index is 12.2. The average Bonchev–Trinajstić information content (AvgIpc) is 2.46. The Morgan fingerprint density at radius 2 is 1.89 bits per heavy atom. The molecule has 0 radical (unpaired) electrons. The number of hydrogen-bond donors (Lipinski definition) is 0. The second kappa shape index (κ2) is 6.13. The quantitative estimate of drug-likeness (QED) is 0.657. The summed E-state index contributed by atoms with van der Waals surface area (Å²) >= 11 is 0. The lowest BCUT2D eigenvalue weighted by Gasteiger charge is -2.26. The lowest BCUT2D eigenvalue weighted by Crippen LogP contribution is -2.34. The van der Waals surface area contributed by atoms with Crippen molar-refractivity contribution in [1.29, 1.82) is 0 Å². The van der Waals surface area contributed by atoms with Crippen LogP contribution in [0.3, 0.4) is 0 Å². The summed E-state index contributed by atoms with van der Waals surface area (Å²) in [5, 5.41) is 0. The molecule has 0 saturated carbocycles. The summed E-state index contributed by atoms with van der Waals surface area (Å²) < 4.78 is 16.1. The Bertz CT molecular complexity index is 284. The minimum atomic E-state index is -0.368. The summed E-state index contributed by atoms with van der Waals surface area (Å²) in [6.07, 6.45) is 1.24. The highest BCUT2D eigenvalue weighted by molar-refractivity contribution is 5.82. The van der Waals surface area contributed by atoms with Gasteiger partial charge in [0.1, 0.15) is 5.78 Å². The fourth-order valence-electron chi connectivity index (χ4n) is 2.66. The summed E-state index contributed by atoms with van der Waals surface area (Å²) in [6.45, 7) is 9.65. The predicted molar refractivity (Wildman–Crippen MR) is 69.7 cm³/mol. The molecule has 0 N–H and O–H groups in total. The maximum Gasteiger partial charge on any atom is 0.141 e. The van der Waals surface area contributed by atoms with E-state index >= 15 is 0 Å². The molecule has 1 unspecified atom stereocenters. The van der Waals surface area contributed by atoms with Gasteiger partial charge in [0.15, 0.2) is 0 Å². The summed E-state index contributed by atoms with van der Waals surface area (Å²) in [5.41, 5.74) is -0.576. The van der Waals surface area contributed by atoms with E-state index < -0.39 is 0 Å². The van der Waals surface area contributed by atoms with Crippen LogP contribution in [-0.2, 0) is 19.0 Å². The van der Waals surface area contributed by atoms with E-state index in [4.69, 9.17) is 14.2 Å². The highest BCUT2D eigenvalue weighted by Crippen LogP contribution is 2.42. The molecular weight excluding hydrogens is 232 g/mol. The van der Waals surface area contributed by atoms with Crippen LogP contribution >= 0.6 is 0 Å². The highest BCUT2D eigenvalue weighted by Gasteiger charge is 2.48. The van der Waals surface area contributed by atoms with Gasteiger partial charge < -0.3 is 14.2 Å². The van der Waals surface area contributed by atoms with Gasteiger partial charge >= 0.3 is 0 Å². The van der Waals surface area contributed by atoms with Crippen LogP contribution in [0, 0.1) is 5.92 Å². The Morgan fingerprint density at radius 3 is 2.39 bits per heavy atom. The van der Waals surface area contributed by atoms with Gasteiger partial charge in [0.2, 0.25) is 0 Å². The van der Waals surface area contributed by atoms with E-state index in [0.29, 0.717) is 26.2 Å². The van der Waals surface area contributed by atoms with E-state index in [-0.39, 0.29) is 22.9 Å². The van der Waals surface area contributed by atoms with Crippen molar-refractivity contribution in [2.45, 2.75) is 51.7 Å². The predicted octanol–water partition coefficient (Wildman–Crippen LogP) is 2.20. The molecule has 0 spiro atoms. The third-order valence-corrected chi connectivity index (χ3v) is 3.39. The molecule has 0 aromatic rings. The fourth-order valence-corrected chi connectivity index (χ4v) is 2.66. The van der Waals surface area contributed by atoms with Crippen molar-refractivity contribution in [2.75, 3.05) is 26.9 Å². The van der Waals surface area contributed by atoms with Crippen molar-refractivity contribution >= 4 is 5.78 Å². The molecule has 0 bridgehead atoms. The Morgan fingerprint density at radius 1 is 1.22 bits per heavy atom. The number of ketones is 1. The van der Waals surface area contributed by atoms with E-state index in [2.05, 4.69) is 0 Å². The van der Waals surface area contributed by atoms with E-state index in [1.165, 1.54) is 0 Å². The molecule has 1 heterocycles. The molecule has 0 amide bonds. The molecule has 1 saturated heterocycles. The van der Waals surface area contributed by atoms with Crippen LogP contribution in [0.4, 0.5) is 0 Å². The molecule has 4 nitrogen and oxygen atoms in total. The molecule has 1 atom stereocenters. The van der Waals surface area contributed by atoms with Crippen molar-refractivity contribution in [3.05, 3.63) is 0 Å². The Balaban J connectivity index is 2.38. The number of carbonyl (C=O) groups excluding carboxylic acids is 1. The largest absolute Gasteiger partial charge is 0.382 e. The summed E-state index contributed by atoms with van der Waals surface area (Å²) in [4.78, 5) is 12.2. The molecule has 1 aliphatic heterocycles. The van der Waals surface area contributed by atoms with Crippen molar-refractivity contribution in [1.82, 2.24) is 0 Å². The number of rotatable bonds is 7. The molecular formula is C14H26O4. The third-order valence-electron chi connectivity index (χ3n) is 3.39. The van der Waals surface area contributed by atoms with Crippen LogP contribution in [-0.4, -0.2) is 43.9 Å². The molecule has 1 aliphatic rings. The Kier molecular flexibility index (Phi) is 5.32. The zero-order valence-corrected chi connectivity index (χ0v) is 12.2. The molecule has 4 heteroatoms. The van der Waals surface area contributed by atoms with Gasteiger partial charge in [0.25, 0.3) is 0 Å². The number of Topliss-reactive ketones (excluding diaryl/α,β-unsaturated/α-hetero) is 1. The average molecular weight is 258 g/mol. The minimum Gasteiger partial charge on any atom is -0.382 e. The molecule has 18 heavy (non-hydrogen) atoms. The van der Waals surface area contributed by atoms with Crippen LogP contribution in [0.15, 0.2) is 0 Å². The number of carbonyl (C=O) groups is 1. The summed E-state index contributed by atoms with van der Waals surface area (Å²) in [7, 11) is 1.63. The smallest absolute Gasteiger partial charge is 0.141 e. The molecule has 1 fully saturated rings. The third kappa shape index (κ3) is 4.34. The molecule has 106 valence electrons. The van der Waals surface area contributed by atoms with E-state index in [1.54, 1.807) is 7.11 Å². The van der Waals surface area contributed by atoms with Crippen molar-refractivity contribution in [3.63, 3.8) is 0 Å². The van der Waals surface area contributed by atoms with Crippen molar-refractivity contribution in [2.24, 2.45) is 5.92 Å². The SMILES string of the molecule is COCCOCCC(=O)C1CC(C)(C)OC1(C)C. The first-order valence-corrected chi connectivity index (χ1v) is 6.58. The summed E-state index contributed by atoms with van der Waals surface area (Å²) in [5.74, 6) is 0.210. The standard InChI is InChI=1S/C14H26O4/c1-13(2)10-11(14(3,4)18-13)12(15)6-7-17-9-8-16-5/h11H,6-10H2,1-5H3. The van der Waals surface area contributed by atoms with Crippen LogP contribution in [0.1, 0.15) is 40.5 Å². The molecule has 0 aromatic carbocycles. The topological polar surface area (TPSA) is 44.8 Å². The van der Waals surface area contributed by atoms with Gasteiger partial charge in [-0.1, -0.05) is 0 Å².